The number of hydrogen-bond donors (Lipinski definition) is 2. The largest absolute Gasteiger partial charge is 0.496 e. The molecule has 0 aliphatic heterocycles. The SMILES string of the molecule is CCCCNC(=O)Nc1ccc2c(c1)c(-c1ccccc1OC)c(C(=O)OCC)n2Cc1ccc2nsnc2c1. The summed E-state index contributed by atoms with van der Waals surface area (Å²) in [5, 5.41) is 6.60. The quantitative estimate of drug-likeness (QED) is 0.151. The summed E-state index contributed by atoms with van der Waals surface area (Å²) in [5.41, 5.74) is 5.87. The first kappa shape index (κ1) is 27.1. The van der Waals surface area contributed by atoms with Gasteiger partial charge < -0.3 is 24.7 Å². The molecule has 0 aliphatic rings. The summed E-state index contributed by atoms with van der Waals surface area (Å²) in [6, 6.07) is 18.9. The number of hydrogen-bond acceptors (Lipinski definition) is 7. The first-order valence-electron chi connectivity index (χ1n) is 13.3. The number of urea groups is 1. The molecule has 40 heavy (non-hydrogen) atoms. The smallest absolute Gasteiger partial charge is 0.355 e. The van der Waals surface area contributed by atoms with Gasteiger partial charge in [-0.3, -0.25) is 0 Å². The van der Waals surface area contributed by atoms with Crippen molar-refractivity contribution in [2.24, 2.45) is 0 Å². The molecule has 0 aliphatic carbocycles. The second-order valence-electron chi connectivity index (χ2n) is 9.28. The van der Waals surface area contributed by atoms with Crippen LogP contribution in [0.5, 0.6) is 5.75 Å². The number of nitrogens with one attached hydrogen (secondary N) is 2. The van der Waals surface area contributed by atoms with Crippen LogP contribution < -0.4 is 15.4 Å². The van der Waals surface area contributed by atoms with E-state index in [2.05, 4.69) is 26.3 Å². The lowest BCUT2D eigenvalue weighted by molar-refractivity contribution is 0.0516. The van der Waals surface area contributed by atoms with E-state index in [1.54, 1.807) is 14.0 Å². The molecular weight excluding hydrogens is 526 g/mol. The maximum atomic E-state index is 13.6. The van der Waals surface area contributed by atoms with Gasteiger partial charge in [0, 0.05) is 40.8 Å². The first-order chi connectivity index (χ1) is 19.5. The number of carbonyl (C=O) groups is 2. The van der Waals surface area contributed by atoms with Crippen molar-refractivity contribution < 1.29 is 19.1 Å². The van der Waals surface area contributed by atoms with Gasteiger partial charge in [-0.25, -0.2) is 9.59 Å². The number of anilines is 1. The molecular formula is C30H31N5O4S. The van der Waals surface area contributed by atoms with E-state index in [-0.39, 0.29) is 12.6 Å². The van der Waals surface area contributed by atoms with Gasteiger partial charge in [-0.1, -0.05) is 37.6 Å². The van der Waals surface area contributed by atoms with Gasteiger partial charge in [0.25, 0.3) is 0 Å². The zero-order valence-electron chi connectivity index (χ0n) is 22.7. The fourth-order valence-corrected chi connectivity index (χ4v) is 5.31. The Morgan fingerprint density at radius 1 is 1.00 bits per heavy atom. The summed E-state index contributed by atoms with van der Waals surface area (Å²) >= 11 is 1.17. The maximum Gasteiger partial charge on any atom is 0.355 e. The average Bonchev–Trinajstić information content (AvgIpc) is 3.55. The van der Waals surface area contributed by atoms with E-state index in [1.807, 2.05) is 65.2 Å². The zero-order chi connectivity index (χ0) is 28.1. The Kier molecular flexibility index (Phi) is 8.26. The van der Waals surface area contributed by atoms with Crippen LogP contribution in [-0.2, 0) is 11.3 Å². The maximum absolute atomic E-state index is 13.6. The average molecular weight is 558 g/mol. The van der Waals surface area contributed by atoms with Crippen LogP contribution in [0.2, 0.25) is 0 Å². The molecule has 2 N–H and O–H groups in total. The number of rotatable bonds is 10. The molecule has 0 radical (unpaired) electrons. The van der Waals surface area contributed by atoms with Crippen LogP contribution in [0.25, 0.3) is 33.1 Å². The van der Waals surface area contributed by atoms with Crippen LogP contribution in [0, 0.1) is 0 Å². The summed E-state index contributed by atoms with van der Waals surface area (Å²) in [5.74, 6) is 0.181. The van der Waals surface area contributed by atoms with Crippen molar-refractivity contribution in [3.8, 4) is 16.9 Å². The molecule has 206 valence electrons. The van der Waals surface area contributed by atoms with E-state index >= 15 is 0 Å². The topological polar surface area (TPSA) is 107 Å². The van der Waals surface area contributed by atoms with E-state index in [9.17, 15) is 9.59 Å². The standard InChI is InChI=1S/C30H31N5O4S/c1-4-6-15-31-30(37)32-20-12-14-25-22(17-20)27(21-9-7-8-10-26(21)38-3)28(29(36)39-5-2)35(25)18-19-11-13-23-24(16-19)34-40-33-23/h7-14,16-17H,4-6,15,18H2,1-3H3,(H2,31,32,37). The molecule has 3 aromatic carbocycles. The molecule has 0 spiro atoms. The number of ether oxygens (including phenoxy) is 2. The number of benzene rings is 3. The predicted molar refractivity (Wildman–Crippen MR) is 158 cm³/mol. The van der Waals surface area contributed by atoms with E-state index in [1.165, 1.54) is 11.7 Å². The lowest BCUT2D eigenvalue weighted by atomic mass is 10.0. The summed E-state index contributed by atoms with van der Waals surface area (Å²) in [6.45, 7) is 5.09. The fraction of sp³-hybridized carbons (Fsp3) is 0.267. The summed E-state index contributed by atoms with van der Waals surface area (Å²) in [6.07, 6.45) is 1.89. The number of methoxy groups -OCH3 is 1. The summed E-state index contributed by atoms with van der Waals surface area (Å²) < 4.78 is 21.9. The van der Waals surface area contributed by atoms with Crippen LogP contribution in [-0.4, -0.2) is 45.6 Å². The number of esters is 1. The van der Waals surface area contributed by atoms with Crippen molar-refractivity contribution in [1.29, 1.82) is 0 Å². The van der Waals surface area contributed by atoms with Crippen LogP contribution in [0.4, 0.5) is 10.5 Å². The molecule has 2 amide bonds. The Bertz CT molecular complexity index is 1680. The molecule has 10 heteroatoms. The molecule has 0 unspecified atom stereocenters. The number of para-hydroxylation sites is 1. The number of aromatic nitrogens is 3. The highest BCUT2D eigenvalue weighted by Crippen LogP contribution is 2.41. The van der Waals surface area contributed by atoms with Gasteiger partial charge in [0.05, 0.1) is 25.4 Å². The zero-order valence-corrected chi connectivity index (χ0v) is 23.5. The van der Waals surface area contributed by atoms with Crippen LogP contribution in [0.1, 0.15) is 42.7 Å². The lowest BCUT2D eigenvalue weighted by Gasteiger charge is -2.13. The lowest BCUT2D eigenvalue weighted by Crippen LogP contribution is -2.29. The number of nitrogens with zero attached hydrogens (tertiary/aromatic N) is 3. The molecule has 0 bridgehead atoms. The first-order valence-corrected chi connectivity index (χ1v) is 14.0. The number of amides is 2. The third-order valence-corrected chi connectivity index (χ3v) is 7.20. The monoisotopic (exact) mass is 557 g/mol. The molecule has 5 rings (SSSR count). The van der Waals surface area contributed by atoms with Gasteiger partial charge in [-0.15, -0.1) is 0 Å². The van der Waals surface area contributed by atoms with Crippen molar-refractivity contribution in [2.75, 3.05) is 25.6 Å². The molecule has 0 atom stereocenters. The second-order valence-corrected chi connectivity index (χ2v) is 9.81. The van der Waals surface area contributed by atoms with Gasteiger partial charge in [-0.05, 0) is 55.3 Å². The fourth-order valence-electron chi connectivity index (χ4n) is 4.79. The Morgan fingerprint density at radius 2 is 1.82 bits per heavy atom. The van der Waals surface area contributed by atoms with E-state index in [0.717, 1.165) is 45.9 Å². The van der Waals surface area contributed by atoms with Crippen molar-refractivity contribution in [1.82, 2.24) is 18.6 Å². The van der Waals surface area contributed by atoms with Crippen molar-refractivity contribution in [3.63, 3.8) is 0 Å². The number of fused-ring (bicyclic) bond motifs is 2. The predicted octanol–water partition coefficient (Wildman–Crippen LogP) is 6.47. The highest BCUT2D eigenvalue weighted by molar-refractivity contribution is 7.00. The van der Waals surface area contributed by atoms with Gasteiger partial charge in [0.1, 0.15) is 22.5 Å². The minimum atomic E-state index is -0.442. The van der Waals surface area contributed by atoms with Crippen molar-refractivity contribution in [3.05, 3.63) is 71.9 Å². The van der Waals surface area contributed by atoms with Crippen molar-refractivity contribution >= 4 is 51.4 Å². The second kappa shape index (κ2) is 12.2. The van der Waals surface area contributed by atoms with E-state index in [4.69, 9.17) is 9.47 Å². The molecule has 5 aromatic rings. The molecule has 2 aromatic heterocycles. The Labute approximate surface area is 236 Å². The Morgan fingerprint density at radius 3 is 2.62 bits per heavy atom. The van der Waals surface area contributed by atoms with E-state index in [0.29, 0.717) is 35.8 Å². The third kappa shape index (κ3) is 5.48. The molecule has 0 saturated carbocycles. The molecule has 0 saturated heterocycles. The summed E-state index contributed by atoms with van der Waals surface area (Å²) in [4.78, 5) is 26.2. The Balaban J connectivity index is 1.70. The van der Waals surface area contributed by atoms with Gasteiger partial charge in [0.15, 0.2) is 0 Å². The van der Waals surface area contributed by atoms with Gasteiger partial charge in [0.2, 0.25) is 0 Å². The van der Waals surface area contributed by atoms with Gasteiger partial charge >= 0.3 is 12.0 Å². The van der Waals surface area contributed by atoms with Crippen LogP contribution in [0.3, 0.4) is 0 Å². The highest BCUT2D eigenvalue weighted by Gasteiger charge is 2.27. The molecule has 0 fully saturated rings. The third-order valence-electron chi connectivity index (χ3n) is 6.64. The summed E-state index contributed by atoms with van der Waals surface area (Å²) in [7, 11) is 1.60. The van der Waals surface area contributed by atoms with Gasteiger partial charge in [-0.2, -0.15) is 8.75 Å². The number of carbonyl (C=O) groups excluding carboxylic acids is 2. The number of unbranched alkanes of at least 4 members (excludes halogenated alkanes) is 1. The van der Waals surface area contributed by atoms with Crippen LogP contribution >= 0.6 is 11.7 Å². The Hall–Kier alpha value is -4.44. The van der Waals surface area contributed by atoms with Crippen LogP contribution in [0.15, 0.2) is 60.7 Å². The molecule has 2 heterocycles. The normalized spacial score (nSPS) is 11.1. The molecule has 9 nitrogen and oxygen atoms in total. The highest BCUT2D eigenvalue weighted by atomic mass is 32.1. The van der Waals surface area contributed by atoms with Crippen molar-refractivity contribution in [2.45, 2.75) is 33.2 Å². The minimum absolute atomic E-state index is 0.229. The van der Waals surface area contributed by atoms with E-state index < -0.39 is 5.97 Å². The minimum Gasteiger partial charge on any atom is -0.496 e.